The lowest BCUT2D eigenvalue weighted by Crippen LogP contribution is -2.49. The Kier molecular flexibility index (Phi) is 6.99. The smallest absolute Gasteiger partial charge is 0.409 e. The minimum Gasteiger partial charge on any atom is -0.450 e. The molecule has 2 aromatic rings. The zero-order valence-corrected chi connectivity index (χ0v) is 17.0. The van der Waals surface area contributed by atoms with E-state index in [1.165, 1.54) is 0 Å². The molecule has 1 aromatic carbocycles. The molecule has 1 aromatic heterocycles. The van der Waals surface area contributed by atoms with E-state index in [-0.39, 0.29) is 12.0 Å². The van der Waals surface area contributed by atoms with Crippen LogP contribution < -0.4 is 4.90 Å². The molecule has 1 aliphatic heterocycles. The summed E-state index contributed by atoms with van der Waals surface area (Å²) in [5.41, 5.74) is 1.55. The minimum absolute atomic E-state index is 0.0879. The quantitative estimate of drug-likeness (QED) is 0.745. The second kappa shape index (κ2) is 9.86. The fourth-order valence-electron chi connectivity index (χ4n) is 3.21. The van der Waals surface area contributed by atoms with Crippen LogP contribution >= 0.6 is 0 Å². The topological polar surface area (TPSA) is 78.9 Å². The van der Waals surface area contributed by atoms with Gasteiger partial charge in [0.25, 0.3) is 5.91 Å². The van der Waals surface area contributed by atoms with Gasteiger partial charge >= 0.3 is 6.09 Å². The molecule has 3 rings (SSSR count). The third-order valence-electron chi connectivity index (χ3n) is 4.86. The molecule has 0 bridgehead atoms. The summed E-state index contributed by atoms with van der Waals surface area (Å²) in [4.78, 5) is 38.8. The van der Waals surface area contributed by atoms with E-state index in [0.29, 0.717) is 57.4 Å². The van der Waals surface area contributed by atoms with Crippen LogP contribution in [-0.2, 0) is 11.3 Å². The first-order chi connectivity index (χ1) is 14.1. The predicted octanol–water partition coefficient (Wildman–Crippen LogP) is 2.42. The van der Waals surface area contributed by atoms with Crippen LogP contribution in [0.3, 0.4) is 0 Å². The van der Waals surface area contributed by atoms with Crippen molar-refractivity contribution in [2.24, 2.45) is 0 Å². The standard InChI is InChI=1S/C21H27N5O3/c1-3-24(16-17-8-6-5-7-9-17)19(27)18-14-22-20(23-15-18)25-10-12-26(13-11-25)21(28)29-4-2/h5-9,14-15H,3-4,10-13,16H2,1-2H3. The lowest BCUT2D eigenvalue weighted by atomic mass is 10.2. The van der Waals surface area contributed by atoms with E-state index in [1.54, 1.807) is 29.1 Å². The van der Waals surface area contributed by atoms with Crippen LogP contribution in [0, 0.1) is 0 Å². The molecule has 2 heterocycles. The van der Waals surface area contributed by atoms with Crippen molar-refractivity contribution < 1.29 is 14.3 Å². The first kappa shape index (κ1) is 20.6. The van der Waals surface area contributed by atoms with Crippen LogP contribution in [0.4, 0.5) is 10.7 Å². The average molecular weight is 397 g/mol. The Bertz CT molecular complexity index is 805. The Hall–Kier alpha value is -3.16. The van der Waals surface area contributed by atoms with Gasteiger partial charge in [-0.3, -0.25) is 4.79 Å². The first-order valence-corrected chi connectivity index (χ1v) is 9.94. The number of benzene rings is 1. The lowest BCUT2D eigenvalue weighted by molar-refractivity contribution is 0.0751. The molecule has 0 saturated carbocycles. The van der Waals surface area contributed by atoms with Gasteiger partial charge < -0.3 is 19.4 Å². The molecule has 8 nitrogen and oxygen atoms in total. The molecule has 1 saturated heterocycles. The highest BCUT2D eigenvalue weighted by atomic mass is 16.6. The number of aromatic nitrogens is 2. The number of carbonyl (C=O) groups excluding carboxylic acids is 2. The van der Waals surface area contributed by atoms with E-state index in [0.717, 1.165) is 5.56 Å². The number of nitrogens with zero attached hydrogens (tertiary/aromatic N) is 5. The van der Waals surface area contributed by atoms with E-state index in [2.05, 4.69) is 9.97 Å². The van der Waals surface area contributed by atoms with Crippen LogP contribution in [0.25, 0.3) is 0 Å². The van der Waals surface area contributed by atoms with Crippen molar-refractivity contribution in [2.45, 2.75) is 20.4 Å². The van der Waals surface area contributed by atoms with Gasteiger partial charge in [-0.15, -0.1) is 0 Å². The Morgan fingerprint density at radius 2 is 1.69 bits per heavy atom. The van der Waals surface area contributed by atoms with Crippen LogP contribution in [0.5, 0.6) is 0 Å². The molecular weight excluding hydrogens is 370 g/mol. The van der Waals surface area contributed by atoms with Crippen molar-refractivity contribution in [2.75, 3.05) is 44.2 Å². The molecular formula is C21H27N5O3. The summed E-state index contributed by atoms with van der Waals surface area (Å²) >= 11 is 0. The van der Waals surface area contributed by atoms with Gasteiger partial charge in [-0.25, -0.2) is 14.8 Å². The maximum Gasteiger partial charge on any atom is 0.409 e. The zero-order valence-electron chi connectivity index (χ0n) is 17.0. The van der Waals surface area contributed by atoms with Gasteiger partial charge in [-0.05, 0) is 19.4 Å². The van der Waals surface area contributed by atoms with Crippen molar-refractivity contribution >= 4 is 17.9 Å². The van der Waals surface area contributed by atoms with E-state index in [4.69, 9.17) is 4.74 Å². The minimum atomic E-state index is -0.285. The monoisotopic (exact) mass is 397 g/mol. The fraction of sp³-hybridized carbons (Fsp3) is 0.429. The van der Waals surface area contributed by atoms with Crippen molar-refractivity contribution in [1.82, 2.24) is 19.8 Å². The Morgan fingerprint density at radius 1 is 1.03 bits per heavy atom. The van der Waals surface area contributed by atoms with Gasteiger partial charge in [0.05, 0.1) is 12.2 Å². The van der Waals surface area contributed by atoms with E-state index >= 15 is 0 Å². The maximum absolute atomic E-state index is 12.8. The lowest BCUT2D eigenvalue weighted by Gasteiger charge is -2.34. The second-order valence-corrected chi connectivity index (χ2v) is 6.75. The van der Waals surface area contributed by atoms with Crippen molar-refractivity contribution in [3.05, 3.63) is 53.9 Å². The molecule has 29 heavy (non-hydrogen) atoms. The molecule has 154 valence electrons. The number of hydrogen-bond donors (Lipinski definition) is 0. The van der Waals surface area contributed by atoms with E-state index in [9.17, 15) is 9.59 Å². The summed E-state index contributed by atoms with van der Waals surface area (Å²) in [5, 5.41) is 0. The molecule has 0 radical (unpaired) electrons. The normalized spacial score (nSPS) is 13.9. The third-order valence-corrected chi connectivity index (χ3v) is 4.86. The molecule has 8 heteroatoms. The third kappa shape index (κ3) is 5.22. The number of amides is 2. The summed E-state index contributed by atoms with van der Waals surface area (Å²) in [7, 11) is 0. The number of carbonyl (C=O) groups is 2. The summed E-state index contributed by atoms with van der Waals surface area (Å²) in [6, 6.07) is 9.90. The van der Waals surface area contributed by atoms with Gasteiger partial charge in [-0.1, -0.05) is 30.3 Å². The molecule has 2 amide bonds. The molecule has 0 atom stereocenters. The highest BCUT2D eigenvalue weighted by Crippen LogP contribution is 2.14. The summed E-state index contributed by atoms with van der Waals surface area (Å²) in [6.45, 7) is 7.65. The Labute approximate surface area is 171 Å². The first-order valence-electron chi connectivity index (χ1n) is 9.94. The van der Waals surface area contributed by atoms with Gasteiger partial charge in [-0.2, -0.15) is 0 Å². The zero-order chi connectivity index (χ0) is 20.6. The van der Waals surface area contributed by atoms with Gasteiger partial charge in [0, 0.05) is 51.7 Å². The molecule has 1 aliphatic rings. The van der Waals surface area contributed by atoms with Gasteiger partial charge in [0.15, 0.2) is 0 Å². The van der Waals surface area contributed by atoms with Crippen molar-refractivity contribution in [3.63, 3.8) is 0 Å². The molecule has 0 aliphatic carbocycles. The Balaban J connectivity index is 1.59. The van der Waals surface area contributed by atoms with Gasteiger partial charge in [0.1, 0.15) is 0 Å². The Morgan fingerprint density at radius 3 is 2.28 bits per heavy atom. The van der Waals surface area contributed by atoms with Crippen LogP contribution in [-0.4, -0.2) is 71.1 Å². The molecule has 1 fully saturated rings. The number of anilines is 1. The van der Waals surface area contributed by atoms with Crippen LogP contribution in [0.1, 0.15) is 29.8 Å². The largest absolute Gasteiger partial charge is 0.450 e. The van der Waals surface area contributed by atoms with Gasteiger partial charge in [0.2, 0.25) is 5.95 Å². The predicted molar refractivity (Wildman–Crippen MR) is 110 cm³/mol. The molecule has 0 unspecified atom stereocenters. The summed E-state index contributed by atoms with van der Waals surface area (Å²) < 4.78 is 5.04. The van der Waals surface area contributed by atoms with Crippen molar-refractivity contribution in [1.29, 1.82) is 0 Å². The summed E-state index contributed by atoms with van der Waals surface area (Å²) in [5.74, 6) is 0.478. The SMILES string of the molecule is CCOC(=O)N1CCN(c2ncc(C(=O)N(CC)Cc3ccccc3)cn2)CC1. The molecule has 0 spiro atoms. The fourth-order valence-corrected chi connectivity index (χ4v) is 3.21. The van der Waals surface area contributed by atoms with E-state index < -0.39 is 0 Å². The highest BCUT2D eigenvalue weighted by Gasteiger charge is 2.24. The average Bonchev–Trinajstić information content (AvgIpc) is 2.78. The van der Waals surface area contributed by atoms with Crippen LogP contribution in [0.2, 0.25) is 0 Å². The summed E-state index contributed by atoms with van der Waals surface area (Å²) in [6.07, 6.45) is 2.87. The number of piperazine rings is 1. The number of rotatable bonds is 6. The van der Waals surface area contributed by atoms with Crippen LogP contribution in [0.15, 0.2) is 42.7 Å². The van der Waals surface area contributed by atoms with E-state index in [1.807, 2.05) is 42.2 Å². The number of ether oxygens (including phenoxy) is 1. The number of hydrogen-bond acceptors (Lipinski definition) is 6. The van der Waals surface area contributed by atoms with Crippen molar-refractivity contribution in [3.8, 4) is 0 Å². The second-order valence-electron chi connectivity index (χ2n) is 6.75. The molecule has 0 N–H and O–H groups in total. The highest BCUT2D eigenvalue weighted by molar-refractivity contribution is 5.93. The maximum atomic E-state index is 12.8.